The SMILES string of the molecule is CCn1nc2c(CC(C)N)cccc2c1Cl. The van der Waals surface area contributed by atoms with Crippen LogP contribution >= 0.6 is 11.6 Å². The summed E-state index contributed by atoms with van der Waals surface area (Å²) in [4.78, 5) is 0. The van der Waals surface area contributed by atoms with Crippen molar-refractivity contribution in [3.63, 3.8) is 0 Å². The Hall–Kier alpha value is -1.06. The number of nitrogens with zero attached hydrogens (tertiary/aromatic N) is 2. The number of rotatable bonds is 3. The van der Waals surface area contributed by atoms with E-state index in [0.29, 0.717) is 5.15 Å². The van der Waals surface area contributed by atoms with Crippen LogP contribution in [-0.4, -0.2) is 15.8 Å². The second-order valence-corrected chi connectivity index (χ2v) is 4.46. The zero-order valence-corrected chi connectivity index (χ0v) is 10.3. The van der Waals surface area contributed by atoms with Gasteiger partial charge in [0.15, 0.2) is 0 Å². The fraction of sp³-hybridized carbons (Fsp3) is 0.417. The summed E-state index contributed by atoms with van der Waals surface area (Å²) in [5.41, 5.74) is 7.97. The van der Waals surface area contributed by atoms with Gasteiger partial charge in [0.1, 0.15) is 5.15 Å². The smallest absolute Gasteiger partial charge is 0.134 e. The lowest BCUT2D eigenvalue weighted by molar-refractivity contribution is 0.666. The Labute approximate surface area is 100 Å². The van der Waals surface area contributed by atoms with Crippen LogP contribution in [0.5, 0.6) is 0 Å². The van der Waals surface area contributed by atoms with Gasteiger partial charge in [0.2, 0.25) is 0 Å². The lowest BCUT2D eigenvalue weighted by Crippen LogP contribution is -2.17. The van der Waals surface area contributed by atoms with Crippen LogP contribution in [0.15, 0.2) is 18.2 Å². The van der Waals surface area contributed by atoms with E-state index >= 15 is 0 Å². The molecule has 0 aliphatic heterocycles. The van der Waals surface area contributed by atoms with Gasteiger partial charge < -0.3 is 5.73 Å². The summed E-state index contributed by atoms with van der Waals surface area (Å²) in [6.07, 6.45) is 0.828. The van der Waals surface area contributed by atoms with E-state index in [4.69, 9.17) is 17.3 Å². The number of hydrogen-bond acceptors (Lipinski definition) is 2. The first kappa shape index (κ1) is 11.4. The van der Waals surface area contributed by atoms with Crippen molar-refractivity contribution in [2.45, 2.75) is 32.9 Å². The van der Waals surface area contributed by atoms with E-state index in [1.807, 2.05) is 30.7 Å². The average molecular weight is 238 g/mol. The average Bonchev–Trinajstić information content (AvgIpc) is 2.56. The molecule has 1 atom stereocenters. The Balaban J connectivity index is 2.59. The van der Waals surface area contributed by atoms with Gasteiger partial charge in [-0.15, -0.1) is 0 Å². The van der Waals surface area contributed by atoms with Crippen LogP contribution in [0.1, 0.15) is 19.4 Å². The molecule has 0 bridgehead atoms. The zero-order chi connectivity index (χ0) is 11.7. The number of aromatic nitrogens is 2. The summed E-state index contributed by atoms with van der Waals surface area (Å²) in [6, 6.07) is 6.21. The lowest BCUT2D eigenvalue weighted by Gasteiger charge is -2.05. The van der Waals surface area contributed by atoms with Crippen molar-refractivity contribution in [2.75, 3.05) is 0 Å². The van der Waals surface area contributed by atoms with E-state index in [9.17, 15) is 0 Å². The monoisotopic (exact) mass is 237 g/mol. The number of aryl methyl sites for hydroxylation is 1. The van der Waals surface area contributed by atoms with Gasteiger partial charge in [0, 0.05) is 18.0 Å². The Bertz CT molecular complexity index is 502. The number of nitrogens with two attached hydrogens (primary N) is 1. The Morgan fingerprint density at radius 3 is 2.88 bits per heavy atom. The number of hydrogen-bond donors (Lipinski definition) is 1. The number of halogens is 1. The predicted octanol–water partition coefficient (Wildman–Crippen LogP) is 2.60. The second kappa shape index (κ2) is 4.44. The fourth-order valence-corrected chi connectivity index (χ4v) is 2.21. The largest absolute Gasteiger partial charge is 0.328 e. The maximum absolute atomic E-state index is 6.24. The Morgan fingerprint density at radius 2 is 2.25 bits per heavy atom. The molecule has 0 fully saturated rings. The van der Waals surface area contributed by atoms with Gasteiger partial charge in [-0.1, -0.05) is 23.7 Å². The van der Waals surface area contributed by atoms with Gasteiger partial charge in [-0.3, -0.25) is 4.68 Å². The molecule has 1 aromatic heterocycles. The third kappa shape index (κ3) is 1.93. The number of benzene rings is 1. The fourth-order valence-electron chi connectivity index (χ4n) is 1.90. The van der Waals surface area contributed by atoms with E-state index < -0.39 is 0 Å². The molecule has 4 heteroatoms. The van der Waals surface area contributed by atoms with Crippen LogP contribution in [-0.2, 0) is 13.0 Å². The van der Waals surface area contributed by atoms with Crippen LogP contribution in [0.3, 0.4) is 0 Å². The third-order valence-electron chi connectivity index (χ3n) is 2.63. The topological polar surface area (TPSA) is 43.8 Å². The molecule has 2 N–H and O–H groups in total. The summed E-state index contributed by atoms with van der Waals surface area (Å²) < 4.78 is 1.82. The second-order valence-electron chi connectivity index (χ2n) is 4.10. The molecule has 0 saturated heterocycles. The molecule has 0 saturated carbocycles. The zero-order valence-electron chi connectivity index (χ0n) is 9.57. The molecular weight excluding hydrogens is 222 g/mol. The van der Waals surface area contributed by atoms with Gasteiger partial charge in [-0.25, -0.2) is 0 Å². The highest BCUT2D eigenvalue weighted by atomic mass is 35.5. The molecular formula is C12H16ClN3. The van der Waals surface area contributed by atoms with Crippen molar-refractivity contribution < 1.29 is 0 Å². The van der Waals surface area contributed by atoms with Crippen molar-refractivity contribution in [2.24, 2.45) is 5.73 Å². The highest BCUT2D eigenvalue weighted by molar-refractivity contribution is 6.34. The van der Waals surface area contributed by atoms with Gasteiger partial charge in [0.05, 0.1) is 5.52 Å². The first-order valence-electron chi connectivity index (χ1n) is 5.53. The first-order chi connectivity index (χ1) is 7.63. The minimum Gasteiger partial charge on any atom is -0.328 e. The molecule has 0 aliphatic rings. The van der Waals surface area contributed by atoms with E-state index in [1.165, 1.54) is 5.56 Å². The minimum absolute atomic E-state index is 0.135. The summed E-state index contributed by atoms with van der Waals surface area (Å²) in [5, 5.41) is 6.24. The molecule has 1 unspecified atom stereocenters. The standard InChI is InChI=1S/C12H16ClN3/c1-3-16-12(13)10-6-4-5-9(7-8(2)14)11(10)15-16/h4-6,8H,3,7,14H2,1-2H3. The van der Waals surface area contributed by atoms with Crippen LogP contribution in [0.4, 0.5) is 0 Å². The molecule has 2 aromatic rings. The Kier molecular flexibility index (Phi) is 3.17. The molecule has 16 heavy (non-hydrogen) atoms. The quantitative estimate of drug-likeness (QED) is 0.892. The summed E-state index contributed by atoms with van der Waals surface area (Å²) in [5.74, 6) is 0. The molecule has 0 amide bonds. The number of fused-ring (bicyclic) bond motifs is 1. The molecule has 86 valence electrons. The van der Waals surface area contributed by atoms with Crippen molar-refractivity contribution in [3.05, 3.63) is 28.9 Å². The summed E-state index contributed by atoms with van der Waals surface area (Å²) >= 11 is 6.24. The molecule has 0 radical (unpaired) electrons. The van der Waals surface area contributed by atoms with Gasteiger partial charge in [0.25, 0.3) is 0 Å². The third-order valence-corrected chi connectivity index (χ3v) is 3.03. The predicted molar refractivity (Wildman–Crippen MR) is 67.8 cm³/mol. The van der Waals surface area contributed by atoms with Crippen molar-refractivity contribution in [1.29, 1.82) is 0 Å². The van der Waals surface area contributed by atoms with Crippen LogP contribution < -0.4 is 5.73 Å². The summed E-state index contributed by atoms with van der Waals surface area (Å²) in [7, 11) is 0. The Morgan fingerprint density at radius 1 is 1.50 bits per heavy atom. The molecule has 3 nitrogen and oxygen atoms in total. The van der Waals surface area contributed by atoms with Crippen LogP contribution in [0.25, 0.3) is 10.9 Å². The van der Waals surface area contributed by atoms with E-state index in [0.717, 1.165) is 23.9 Å². The van der Waals surface area contributed by atoms with Gasteiger partial charge >= 0.3 is 0 Å². The van der Waals surface area contributed by atoms with Crippen LogP contribution in [0, 0.1) is 0 Å². The van der Waals surface area contributed by atoms with Gasteiger partial charge in [-0.2, -0.15) is 5.10 Å². The molecule has 2 rings (SSSR count). The highest BCUT2D eigenvalue weighted by Gasteiger charge is 2.11. The van der Waals surface area contributed by atoms with Crippen LogP contribution in [0.2, 0.25) is 5.15 Å². The van der Waals surface area contributed by atoms with Crippen molar-refractivity contribution in [3.8, 4) is 0 Å². The van der Waals surface area contributed by atoms with Crippen molar-refractivity contribution >= 4 is 22.5 Å². The minimum atomic E-state index is 0.135. The van der Waals surface area contributed by atoms with E-state index in [2.05, 4.69) is 11.2 Å². The maximum atomic E-state index is 6.24. The molecule has 1 heterocycles. The molecule has 0 aliphatic carbocycles. The van der Waals surface area contributed by atoms with E-state index in [1.54, 1.807) is 0 Å². The maximum Gasteiger partial charge on any atom is 0.134 e. The van der Waals surface area contributed by atoms with Gasteiger partial charge in [-0.05, 0) is 31.9 Å². The lowest BCUT2D eigenvalue weighted by atomic mass is 10.1. The highest BCUT2D eigenvalue weighted by Crippen LogP contribution is 2.26. The molecule has 1 aromatic carbocycles. The van der Waals surface area contributed by atoms with E-state index in [-0.39, 0.29) is 6.04 Å². The first-order valence-corrected chi connectivity index (χ1v) is 5.90. The normalized spacial score (nSPS) is 13.2. The summed E-state index contributed by atoms with van der Waals surface area (Å²) in [6.45, 7) is 4.81. The molecule has 0 spiro atoms. The van der Waals surface area contributed by atoms with Crippen molar-refractivity contribution in [1.82, 2.24) is 9.78 Å².